The molecule has 0 unspecified atom stereocenters. The van der Waals surface area contributed by atoms with Gasteiger partial charge in [0.1, 0.15) is 5.75 Å². The van der Waals surface area contributed by atoms with Crippen LogP contribution in [0.2, 0.25) is 5.02 Å². The molecular formula is C8H6ClF2N3O. The van der Waals surface area contributed by atoms with E-state index in [1.807, 2.05) is 0 Å². The summed E-state index contributed by atoms with van der Waals surface area (Å²) in [6.07, 6.45) is 0. The molecule has 0 aliphatic heterocycles. The topological polar surface area (TPSA) is 58.0 Å². The van der Waals surface area contributed by atoms with Gasteiger partial charge in [0, 0.05) is 15.5 Å². The first-order valence-corrected chi connectivity index (χ1v) is 4.25. The Bertz CT molecular complexity index is 393. The monoisotopic (exact) mass is 233 g/mol. The first-order chi connectivity index (χ1) is 7.13. The van der Waals surface area contributed by atoms with Gasteiger partial charge in [0.05, 0.1) is 6.54 Å². The molecule has 0 aliphatic rings. The maximum Gasteiger partial charge on any atom is 0.387 e. The third kappa shape index (κ3) is 3.61. The van der Waals surface area contributed by atoms with Crippen molar-refractivity contribution in [1.82, 2.24) is 0 Å². The lowest BCUT2D eigenvalue weighted by Gasteiger charge is -2.08. The number of alkyl halides is 2. The van der Waals surface area contributed by atoms with Crippen LogP contribution >= 0.6 is 11.6 Å². The average molecular weight is 234 g/mol. The molecule has 0 fully saturated rings. The number of ether oxygens (including phenoxy) is 1. The summed E-state index contributed by atoms with van der Waals surface area (Å²) in [5, 5.41) is 3.61. The summed E-state index contributed by atoms with van der Waals surface area (Å²) in [5.41, 5.74) is 8.43. The predicted octanol–water partition coefficient (Wildman–Crippen LogP) is 3.75. The molecular weight excluding hydrogens is 228 g/mol. The quantitative estimate of drug-likeness (QED) is 0.444. The normalized spacial score (nSPS) is 9.87. The van der Waals surface area contributed by atoms with Crippen LogP contribution in [0.3, 0.4) is 0 Å². The number of rotatable bonds is 4. The van der Waals surface area contributed by atoms with Crippen LogP contribution in [-0.2, 0) is 6.54 Å². The van der Waals surface area contributed by atoms with Crippen molar-refractivity contribution in [1.29, 1.82) is 0 Å². The van der Waals surface area contributed by atoms with Gasteiger partial charge < -0.3 is 4.74 Å². The summed E-state index contributed by atoms with van der Waals surface area (Å²) in [5.74, 6) is -0.0400. The van der Waals surface area contributed by atoms with Crippen molar-refractivity contribution < 1.29 is 13.5 Å². The van der Waals surface area contributed by atoms with E-state index >= 15 is 0 Å². The molecule has 4 nitrogen and oxygen atoms in total. The molecule has 15 heavy (non-hydrogen) atoms. The molecule has 0 atom stereocenters. The van der Waals surface area contributed by atoms with Crippen molar-refractivity contribution in [3.8, 4) is 5.75 Å². The van der Waals surface area contributed by atoms with Crippen LogP contribution in [0.1, 0.15) is 5.56 Å². The van der Waals surface area contributed by atoms with Gasteiger partial charge in [-0.05, 0) is 23.7 Å². The van der Waals surface area contributed by atoms with Gasteiger partial charge in [-0.25, -0.2) is 0 Å². The highest BCUT2D eigenvalue weighted by Gasteiger charge is 2.09. The summed E-state index contributed by atoms with van der Waals surface area (Å²) in [6, 6.07) is 4.13. The van der Waals surface area contributed by atoms with Crippen LogP contribution in [0.5, 0.6) is 5.75 Å². The number of benzene rings is 1. The van der Waals surface area contributed by atoms with E-state index in [1.165, 1.54) is 18.2 Å². The van der Waals surface area contributed by atoms with Gasteiger partial charge in [0.25, 0.3) is 0 Å². The van der Waals surface area contributed by atoms with Gasteiger partial charge in [-0.3, -0.25) is 0 Å². The van der Waals surface area contributed by atoms with E-state index in [0.29, 0.717) is 10.6 Å². The fourth-order valence-corrected chi connectivity index (χ4v) is 1.19. The minimum Gasteiger partial charge on any atom is -0.435 e. The lowest BCUT2D eigenvalue weighted by Crippen LogP contribution is -2.04. The number of azide groups is 1. The second-order valence-corrected chi connectivity index (χ2v) is 2.96. The second-order valence-electron chi connectivity index (χ2n) is 2.52. The Hall–Kier alpha value is -1.52. The van der Waals surface area contributed by atoms with Gasteiger partial charge in [0.2, 0.25) is 0 Å². The molecule has 0 saturated carbocycles. The molecule has 0 amide bonds. The molecule has 0 aromatic heterocycles. The number of halogens is 3. The Kier molecular flexibility index (Phi) is 4.15. The van der Waals surface area contributed by atoms with Crippen LogP contribution in [0, 0.1) is 0 Å². The predicted molar refractivity (Wildman–Crippen MR) is 50.9 cm³/mol. The van der Waals surface area contributed by atoms with Gasteiger partial charge in [-0.1, -0.05) is 16.7 Å². The number of hydrogen-bond donors (Lipinski definition) is 0. The highest BCUT2D eigenvalue weighted by Crippen LogP contribution is 2.25. The molecule has 1 rings (SSSR count). The minimum atomic E-state index is -2.92. The smallest absolute Gasteiger partial charge is 0.387 e. The van der Waals surface area contributed by atoms with Crippen LogP contribution in [-0.4, -0.2) is 6.61 Å². The SMILES string of the molecule is [N-]=[N+]=NCc1cc(Cl)ccc1OC(F)F. The van der Waals surface area contributed by atoms with Crippen LogP contribution in [0.25, 0.3) is 10.4 Å². The molecule has 0 radical (unpaired) electrons. The molecule has 80 valence electrons. The zero-order valence-electron chi connectivity index (χ0n) is 7.40. The fraction of sp³-hybridized carbons (Fsp3) is 0.250. The van der Waals surface area contributed by atoms with Crippen molar-refractivity contribution in [2.45, 2.75) is 13.2 Å². The Morgan fingerprint density at radius 1 is 1.53 bits per heavy atom. The first kappa shape index (κ1) is 11.6. The highest BCUT2D eigenvalue weighted by molar-refractivity contribution is 6.30. The number of nitrogens with zero attached hydrogens (tertiary/aromatic N) is 3. The molecule has 0 N–H and O–H groups in total. The largest absolute Gasteiger partial charge is 0.435 e. The van der Waals surface area contributed by atoms with E-state index in [4.69, 9.17) is 17.1 Å². The van der Waals surface area contributed by atoms with Gasteiger partial charge in [-0.2, -0.15) is 8.78 Å². The van der Waals surface area contributed by atoms with Gasteiger partial charge >= 0.3 is 6.61 Å². The standard InChI is InChI=1S/C8H6ClF2N3O/c9-6-1-2-7(15-8(10)11)5(3-6)4-13-14-12/h1-3,8H,4H2. The Morgan fingerprint density at radius 2 is 2.27 bits per heavy atom. The molecule has 7 heteroatoms. The van der Waals surface area contributed by atoms with Crippen LogP contribution in [0.4, 0.5) is 8.78 Å². The number of hydrogen-bond acceptors (Lipinski definition) is 2. The Balaban J connectivity index is 2.96. The summed E-state index contributed by atoms with van der Waals surface area (Å²) >= 11 is 5.65. The maximum atomic E-state index is 12.0. The van der Waals surface area contributed by atoms with Crippen LogP contribution < -0.4 is 4.74 Å². The molecule has 1 aromatic carbocycles. The highest BCUT2D eigenvalue weighted by atomic mass is 35.5. The van der Waals surface area contributed by atoms with E-state index in [2.05, 4.69) is 14.8 Å². The molecule has 0 bridgehead atoms. The Morgan fingerprint density at radius 3 is 2.87 bits per heavy atom. The average Bonchev–Trinajstić information content (AvgIpc) is 2.18. The summed E-state index contributed by atoms with van der Waals surface area (Å²) < 4.78 is 28.2. The van der Waals surface area contributed by atoms with E-state index < -0.39 is 6.61 Å². The fourth-order valence-electron chi connectivity index (χ4n) is 0.990. The maximum absolute atomic E-state index is 12.0. The molecule has 0 aliphatic carbocycles. The minimum absolute atomic E-state index is 0.0400. The molecule has 0 heterocycles. The van der Waals surface area contributed by atoms with Crippen LogP contribution in [0.15, 0.2) is 23.3 Å². The van der Waals surface area contributed by atoms with Crippen molar-refractivity contribution in [2.24, 2.45) is 5.11 Å². The van der Waals surface area contributed by atoms with Crippen molar-refractivity contribution in [3.63, 3.8) is 0 Å². The zero-order valence-corrected chi connectivity index (χ0v) is 8.16. The third-order valence-corrected chi connectivity index (χ3v) is 1.78. The zero-order chi connectivity index (χ0) is 11.3. The lowest BCUT2D eigenvalue weighted by molar-refractivity contribution is -0.0504. The van der Waals surface area contributed by atoms with Gasteiger partial charge in [0.15, 0.2) is 0 Å². The summed E-state index contributed by atoms with van der Waals surface area (Å²) in [4.78, 5) is 2.52. The summed E-state index contributed by atoms with van der Waals surface area (Å²) in [6.45, 7) is -3.00. The second kappa shape index (κ2) is 5.38. The van der Waals surface area contributed by atoms with Crippen molar-refractivity contribution in [3.05, 3.63) is 39.2 Å². The summed E-state index contributed by atoms with van der Waals surface area (Å²) in [7, 11) is 0. The van der Waals surface area contributed by atoms with E-state index in [9.17, 15) is 8.78 Å². The van der Waals surface area contributed by atoms with E-state index in [1.54, 1.807) is 0 Å². The van der Waals surface area contributed by atoms with Crippen molar-refractivity contribution in [2.75, 3.05) is 0 Å². The van der Waals surface area contributed by atoms with E-state index in [0.717, 1.165) is 0 Å². The Labute approximate surface area is 89.0 Å². The molecule has 0 saturated heterocycles. The lowest BCUT2D eigenvalue weighted by atomic mass is 10.2. The van der Waals surface area contributed by atoms with Crippen molar-refractivity contribution >= 4 is 11.6 Å². The molecule has 1 aromatic rings. The van der Waals surface area contributed by atoms with E-state index in [-0.39, 0.29) is 12.3 Å². The van der Waals surface area contributed by atoms with Gasteiger partial charge in [-0.15, -0.1) is 0 Å². The first-order valence-electron chi connectivity index (χ1n) is 3.87. The third-order valence-electron chi connectivity index (χ3n) is 1.54. The molecule has 0 spiro atoms.